The molecule has 3 aliphatic rings. The van der Waals surface area contributed by atoms with Gasteiger partial charge in [0, 0.05) is 28.0 Å². The molecule has 0 radical (unpaired) electrons. The number of para-hydroxylation sites is 3. The van der Waals surface area contributed by atoms with Gasteiger partial charge >= 0.3 is 0 Å². The molecule has 0 bridgehead atoms. The average molecular weight is 919 g/mol. The summed E-state index contributed by atoms with van der Waals surface area (Å²) in [6, 6.07) is 99.0. The molecule has 0 aromatic heterocycles. The van der Waals surface area contributed by atoms with Crippen molar-refractivity contribution in [3.63, 3.8) is 0 Å². The van der Waals surface area contributed by atoms with Gasteiger partial charge in [-0.25, -0.2) is 0 Å². The molecule has 2 aliphatic carbocycles. The second kappa shape index (κ2) is 16.3. The first-order valence-electron chi connectivity index (χ1n) is 25.2. The van der Waals surface area contributed by atoms with Crippen LogP contribution in [0, 0.1) is 0 Å². The molecule has 72 heavy (non-hydrogen) atoms. The van der Waals surface area contributed by atoms with E-state index in [1.165, 1.54) is 100 Å². The molecule has 1 aliphatic heterocycles. The number of benzene rings is 11. The zero-order valence-electron chi connectivity index (χ0n) is 40.3. The third-order valence-electron chi connectivity index (χ3n) is 15.9. The van der Waals surface area contributed by atoms with Crippen LogP contribution in [0.4, 0.5) is 34.1 Å². The lowest BCUT2D eigenvalue weighted by Crippen LogP contribution is -2.36. The van der Waals surface area contributed by atoms with Gasteiger partial charge in [-0.2, -0.15) is 0 Å². The largest absolute Gasteiger partial charge is 0.310 e. The standard InChI is InChI=1S/C70H50N2/c1-69(2)59-27-11-9-25-56(59)57-44-41-52(46-64(57)69)50-37-35-48(36-38-50)49-39-42-54(43-40-49)71(55-24-17-21-51(45-55)47-19-5-3-6-20-47)67-34-18-31-63-68(67)58-26-10-12-28-60(58)70(63)61-29-13-15-32-65(61)72(53-22-7-4-8-23-53)66-33-16-14-30-62(66)70/h3-46H,1-2H3. The fourth-order valence-electron chi connectivity index (χ4n) is 12.6. The van der Waals surface area contributed by atoms with Gasteiger partial charge in [0.25, 0.3) is 0 Å². The predicted octanol–water partition coefficient (Wildman–Crippen LogP) is 18.6. The molecule has 0 saturated carbocycles. The topological polar surface area (TPSA) is 6.48 Å². The Morgan fingerprint density at radius 2 is 0.778 bits per heavy atom. The van der Waals surface area contributed by atoms with Gasteiger partial charge < -0.3 is 9.80 Å². The van der Waals surface area contributed by atoms with E-state index in [0.29, 0.717) is 0 Å². The molecular formula is C70H50N2. The SMILES string of the molecule is CC1(C)c2ccccc2-c2ccc(-c3ccc(-c4ccc(N(c5cccc(-c6ccccc6)c5)c5cccc6c5-c5ccccc5C65c6ccccc6N(c6ccccc6)c6ccccc65)cc4)cc3)cc21. The molecule has 0 unspecified atom stereocenters. The van der Waals surface area contributed by atoms with Crippen LogP contribution < -0.4 is 9.80 Å². The minimum Gasteiger partial charge on any atom is -0.310 e. The number of rotatable bonds is 7. The van der Waals surface area contributed by atoms with Gasteiger partial charge in [0.1, 0.15) is 0 Å². The minimum absolute atomic E-state index is 0.0395. The summed E-state index contributed by atoms with van der Waals surface area (Å²) < 4.78 is 0. The van der Waals surface area contributed by atoms with Gasteiger partial charge in [-0.15, -0.1) is 0 Å². The van der Waals surface area contributed by atoms with Crippen LogP contribution in [-0.2, 0) is 10.8 Å². The van der Waals surface area contributed by atoms with Gasteiger partial charge in [0.15, 0.2) is 0 Å². The third-order valence-corrected chi connectivity index (χ3v) is 15.9. The molecule has 2 nitrogen and oxygen atoms in total. The van der Waals surface area contributed by atoms with Crippen molar-refractivity contribution >= 4 is 34.1 Å². The van der Waals surface area contributed by atoms with Crippen molar-refractivity contribution < 1.29 is 0 Å². The van der Waals surface area contributed by atoms with E-state index in [9.17, 15) is 0 Å². The second-order valence-electron chi connectivity index (χ2n) is 20.0. The normalized spacial score (nSPS) is 13.9. The Morgan fingerprint density at radius 1 is 0.306 bits per heavy atom. The maximum Gasteiger partial charge on any atom is 0.0755 e. The first-order valence-corrected chi connectivity index (χ1v) is 25.2. The highest BCUT2D eigenvalue weighted by molar-refractivity contribution is 6.01. The zero-order valence-corrected chi connectivity index (χ0v) is 40.3. The highest BCUT2D eigenvalue weighted by atomic mass is 15.2. The van der Waals surface area contributed by atoms with Crippen molar-refractivity contribution in [2.24, 2.45) is 0 Å². The average Bonchev–Trinajstić information content (AvgIpc) is 3.87. The fraction of sp³-hybridized carbons (Fsp3) is 0.0571. The molecule has 1 heterocycles. The van der Waals surface area contributed by atoms with Gasteiger partial charge in [0.05, 0.1) is 22.5 Å². The van der Waals surface area contributed by atoms with Crippen LogP contribution in [0.3, 0.4) is 0 Å². The molecule has 0 atom stereocenters. The van der Waals surface area contributed by atoms with Crippen LogP contribution in [0.2, 0.25) is 0 Å². The highest BCUT2D eigenvalue weighted by Crippen LogP contribution is 2.65. The molecule has 0 N–H and O–H groups in total. The Morgan fingerprint density at radius 3 is 1.47 bits per heavy atom. The van der Waals surface area contributed by atoms with Crippen molar-refractivity contribution in [3.05, 3.63) is 300 Å². The number of nitrogens with zero attached hydrogens (tertiary/aromatic N) is 2. The molecule has 0 amide bonds. The molecule has 1 spiro atoms. The molecule has 14 rings (SSSR count). The summed E-state index contributed by atoms with van der Waals surface area (Å²) in [5.41, 5.74) is 26.5. The molecule has 2 heteroatoms. The summed E-state index contributed by atoms with van der Waals surface area (Å²) in [7, 11) is 0. The summed E-state index contributed by atoms with van der Waals surface area (Å²) >= 11 is 0. The maximum absolute atomic E-state index is 2.48. The fourth-order valence-corrected chi connectivity index (χ4v) is 12.6. The van der Waals surface area contributed by atoms with E-state index in [1.807, 2.05) is 0 Å². The molecular weight excluding hydrogens is 869 g/mol. The summed E-state index contributed by atoms with van der Waals surface area (Å²) in [5.74, 6) is 0. The van der Waals surface area contributed by atoms with E-state index in [2.05, 4.69) is 291 Å². The first-order chi connectivity index (χ1) is 35.5. The second-order valence-corrected chi connectivity index (χ2v) is 20.0. The van der Waals surface area contributed by atoms with Crippen LogP contribution in [-0.4, -0.2) is 0 Å². The van der Waals surface area contributed by atoms with Crippen molar-refractivity contribution in [2.75, 3.05) is 9.80 Å². The lowest BCUT2D eigenvalue weighted by molar-refractivity contribution is 0.660. The van der Waals surface area contributed by atoms with E-state index in [1.54, 1.807) is 0 Å². The van der Waals surface area contributed by atoms with Gasteiger partial charge in [-0.1, -0.05) is 220 Å². The van der Waals surface area contributed by atoms with Crippen molar-refractivity contribution in [1.82, 2.24) is 0 Å². The summed E-state index contributed by atoms with van der Waals surface area (Å²) in [4.78, 5) is 4.93. The van der Waals surface area contributed by atoms with Crippen molar-refractivity contribution in [3.8, 4) is 55.6 Å². The highest BCUT2D eigenvalue weighted by Gasteiger charge is 2.52. The lowest BCUT2D eigenvalue weighted by atomic mass is 9.64. The number of fused-ring (bicyclic) bond motifs is 12. The Bertz CT molecular complexity index is 3840. The van der Waals surface area contributed by atoms with Crippen LogP contribution in [0.25, 0.3) is 55.6 Å². The van der Waals surface area contributed by atoms with E-state index >= 15 is 0 Å². The molecule has 340 valence electrons. The summed E-state index contributed by atoms with van der Waals surface area (Å²) in [6.45, 7) is 4.70. The Hall–Kier alpha value is -8.98. The quantitative estimate of drug-likeness (QED) is 0.157. The first kappa shape index (κ1) is 41.9. The number of anilines is 6. The Kier molecular flexibility index (Phi) is 9.50. The van der Waals surface area contributed by atoms with Crippen LogP contribution in [0.1, 0.15) is 47.2 Å². The van der Waals surface area contributed by atoms with Crippen molar-refractivity contribution in [2.45, 2.75) is 24.7 Å². The maximum atomic E-state index is 2.48. The predicted molar refractivity (Wildman–Crippen MR) is 301 cm³/mol. The van der Waals surface area contributed by atoms with Gasteiger partial charge in [-0.3, -0.25) is 0 Å². The molecule has 0 saturated heterocycles. The van der Waals surface area contributed by atoms with Crippen LogP contribution >= 0.6 is 0 Å². The smallest absolute Gasteiger partial charge is 0.0755 e. The number of hydrogen-bond donors (Lipinski definition) is 0. The lowest BCUT2D eigenvalue weighted by Gasteiger charge is -2.45. The summed E-state index contributed by atoms with van der Waals surface area (Å²) in [6.07, 6.45) is 0. The van der Waals surface area contributed by atoms with E-state index < -0.39 is 5.41 Å². The zero-order chi connectivity index (χ0) is 48.0. The third kappa shape index (κ3) is 6.22. The van der Waals surface area contributed by atoms with E-state index in [-0.39, 0.29) is 5.41 Å². The van der Waals surface area contributed by atoms with Crippen molar-refractivity contribution in [1.29, 1.82) is 0 Å². The Labute approximate surface area is 422 Å². The monoisotopic (exact) mass is 918 g/mol. The van der Waals surface area contributed by atoms with Gasteiger partial charge in [0.2, 0.25) is 0 Å². The Balaban J connectivity index is 0.907. The number of hydrogen-bond acceptors (Lipinski definition) is 2. The van der Waals surface area contributed by atoms with Crippen LogP contribution in [0.15, 0.2) is 267 Å². The molecule has 11 aromatic carbocycles. The van der Waals surface area contributed by atoms with Gasteiger partial charge in [-0.05, 0) is 144 Å². The van der Waals surface area contributed by atoms with E-state index in [4.69, 9.17) is 0 Å². The van der Waals surface area contributed by atoms with Crippen LogP contribution in [0.5, 0.6) is 0 Å². The summed E-state index contributed by atoms with van der Waals surface area (Å²) in [5, 5.41) is 0. The molecule has 0 fully saturated rings. The molecule has 11 aromatic rings. The van der Waals surface area contributed by atoms with E-state index in [0.717, 1.165) is 22.7 Å². The minimum atomic E-state index is -0.574.